The van der Waals surface area contributed by atoms with Crippen LogP contribution in [0.4, 0.5) is 4.39 Å². The molecule has 0 fully saturated rings. The Balaban J connectivity index is 2.66. The molecule has 106 valence electrons. The van der Waals surface area contributed by atoms with E-state index in [0.717, 1.165) is 0 Å². The Kier molecular flexibility index (Phi) is 3.47. The van der Waals surface area contributed by atoms with Crippen LogP contribution in [0.2, 0.25) is 5.02 Å². The molecule has 0 atom stereocenters. The highest BCUT2D eigenvalue weighted by Gasteiger charge is 2.23. The molecular formula is C12H13ClFN5O. The summed E-state index contributed by atoms with van der Waals surface area (Å²) in [6.07, 6.45) is 0. The summed E-state index contributed by atoms with van der Waals surface area (Å²) in [6.45, 7) is 5.73. The van der Waals surface area contributed by atoms with Crippen LogP contribution in [0, 0.1) is 5.82 Å². The Bertz CT molecular complexity index is 677. The molecule has 0 radical (unpaired) electrons. The van der Waals surface area contributed by atoms with Gasteiger partial charge in [0.2, 0.25) is 0 Å². The lowest BCUT2D eigenvalue weighted by molar-refractivity contribution is 0.0996. The fourth-order valence-corrected chi connectivity index (χ4v) is 1.94. The lowest BCUT2D eigenvalue weighted by Gasteiger charge is -2.20. The molecule has 1 heterocycles. The van der Waals surface area contributed by atoms with Crippen molar-refractivity contribution in [2.75, 3.05) is 0 Å². The Hall–Kier alpha value is -2.02. The summed E-state index contributed by atoms with van der Waals surface area (Å²) in [5, 5.41) is 11.2. The first-order valence-electron chi connectivity index (χ1n) is 5.80. The molecule has 1 amide bonds. The van der Waals surface area contributed by atoms with Gasteiger partial charge >= 0.3 is 0 Å². The summed E-state index contributed by atoms with van der Waals surface area (Å²) in [6, 6.07) is 2.65. The summed E-state index contributed by atoms with van der Waals surface area (Å²) in [4.78, 5) is 11.2. The van der Waals surface area contributed by atoms with Crippen molar-refractivity contribution < 1.29 is 9.18 Å². The van der Waals surface area contributed by atoms with Gasteiger partial charge in [0.1, 0.15) is 0 Å². The van der Waals surface area contributed by atoms with Gasteiger partial charge in [-0.1, -0.05) is 11.6 Å². The molecule has 1 aromatic heterocycles. The van der Waals surface area contributed by atoms with E-state index in [0.29, 0.717) is 11.4 Å². The smallest absolute Gasteiger partial charge is 0.251 e. The molecule has 0 spiro atoms. The summed E-state index contributed by atoms with van der Waals surface area (Å²) in [7, 11) is 0. The number of nitrogens with two attached hydrogens (primary N) is 1. The maximum atomic E-state index is 13.7. The van der Waals surface area contributed by atoms with Crippen LogP contribution >= 0.6 is 11.6 Å². The zero-order chi connectivity index (χ0) is 15.1. The molecule has 2 N–H and O–H groups in total. The number of halogens is 2. The number of amides is 1. The summed E-state index contributed by atoms with van der Waals surface area (Å²) in [5.74, 6) is -1.37. The number of carbonyl (C=O) groups is 1. The third-order valence-electron chi connectivity index (χ3n) is 2.66. The van der Waals surface area contributed by atoms with Crippen molar-refractivity contribution in [3.05, 3.63) is 28.5 Å². The second kappa shape index (κ2) is 4.82. The number of aromatic nitrogens is 4. The molecular weight excluding hydrogens is 285 g/mol. The number of hydrogen-bond acceptors (Lipinski definition) is 4. The van der Waals surface area contributed by atoms with Gasteiger partial charge in [0, 0.05) is 5.56 Å². The van der Waals surface area contributed by atoms with Crippen molar-refractivity contribution >= 4 is 17.5 Å². The minimum atomic E-state index is -0.902. The minimum Gasteiger partial charge on any atom is -0.366 e. The molecule has 0 saturated carbocycles. The highest BCUT2D eigenvalue weighted by atomic mass is 35.5. The highest BCUT2D eigenvalue weighted by molar-refractivity contribution is 6.31. The van der Waals surface area contributed by atoms with Crippen LogP contribution in [0.1, 0.15) is 31.1 Å². The van der Waals surface area contributed by atoms with Gasteiger partial charge in [0.15, 0.2) is 11.6 Å². The number of nitrogens with zero attached hydrogens (tertiary/aromatic N) is 4. The van der Waals surface area contributed by atoms with E-state index in [1.165, 1.54) is 12.1 Å². The second-order valence-electron chi connectivity index (χ2n) is 5.27. The largest absolute Gasteiger partial charge is 0.366 e. The molecule has 8 heteroatoms. The van der Waals surface area contributed by atoms with Gasteiger partial charge in [0.25, 0.3) is 5.91 Å². The van der Waals surface area contributed by atoms with Crippen molar-refractivity contribution in [3.8, 4) is 11.4 Å². The lowest BCUT2D eigenvalue weighted by atomic mass is 10.1. The van der Waals surface area contributed by atoms with Gasteiger partial charge in [0.05, 0.1) is 16.1 Å². The van der Waals surface area contributed by atoms with Gasteiger partial charge in [-0.3, -0.25) is 4.79 Å². The van der Waals surface area contributed by atoms with Crippen LogP contribution in [0.3, 0.4) is 0 Å². The number of carbonyl (C=O) groups excluding carboxylic acids is 1. The van der Waals surface area contributed by atoms with E-state index < -0.39 is 11.7 Å². The molecule has 0 saturated heterocycles. The monoisotopic (exact) mass is 297 g/mol. The van der Waals surface area contributed by atoms with Gasteiger partial charge in [-0.15, -0.1) is 5.10 Å². The van der Waals surface area contributed by atoms with Crippen molar-refractivity contribution in [2.45, 2.75) is 26.3 Å². The fraction of sp³-hybridized carbons (Fsp3) is 0.333. The molecule has 2 aromatic rings. The topological polar surface area (TPSA) is 86.7 Å². The molecule has 2 rings (SSSR count). The summed E-state index contributed by atoms with van der Waals surface area (Å²) < 4.78 is 15.3. The van der Waals surface area contributed by atoms with Crippen LogP contribution in [0.15, 0.2) is 12.1 Å². The second-order valence-corrected chi connectivity index (χ2v) is 5.68. The first kappa shape index (κ1) is 14.4. The fourth-order valence-electron chi connectivity index (χ4n) is 1.72. The van der Waals surface area contributed by atoms with E-state index in [-0.39, 0.29) is 16.1 Å². The predicted octanol–water partition coefficient (Wildman–Crippen LogP) is 1.99. The van der Waals surface area contributed by atoms with Crippen LogP contribution in [0.25, 0.3) is 11.4 Å². The normalized spacial score (nSPS) is 11.7. The first-order valence-corrected chi connectivity index (χ1v) is 6.17. The summed E-state index contributed by atoms with van der Waals surface area (Å²) in [5.41, 5.74) is 4.88. The van der Waals surface area contributed by atoms with Gasteiger partial charge < -0.3 is 5.73 Å². The molecule has 0 aliphatic carbocycles. The van der Waals surface area contributed by atoms with E-state index in [2.05, 4.69) is 15.5 Å². The molecule has 0 aliphatic heterocycles. The average Bonchev–Trinajstić information content (AvgIpc) is 2.80. The Morgan fingerprint density at radius 2 is 2.05 bits per heavy atom. The van der Waals surface area contributed by atoms with Crippen LogP contribution in [-0.4, -0.2) is 26.1 Å². The zero-order valence-corrected chi connectivity index (χ0v) is 11.9. The van der Waals surface area contributed by atoms with Crippen molar-refractivity contribution in [2.24, 2.45) is 5.73 Å². The third kappa shape index (κ3) is 2.49. The van der Waals surface area contributed by atoms with E-state index in [1.54, 1.807) is 4.68 Å². The standard InChI is InChI=1S/C12H13ClFN5O/c1-12(2,3)19-11(16-17-18-19)6-4-7(10(15)20)9(14)8(13)5-6/h4-5H,1-3H3,(H2,15,20). The van der Waals surface area contributed by atoms with E-state index >= 15 is 0 Å². The molecule has 20 heavy (non-hydrogen) atoms. The molecule has 0 unspecified atom stereocenters. The molecule has 0 aliphatic rings. The van der Waals surface area contributed by atoms with Crippen molar-refractivity contribution in [1.29, 1.82) is 0 Å². The lowest BCUT2D eigenvalue weighted by Crippen LogP contribution is -2.24. The van der Waals surface area contributed by atoms with Crippen LogP contribution in [0.5, 0.6) is 0 Å². The van der Waals surface area contributed by atoms with Crippen molar-refractivity contribution in [3.63, 3.8) is 0 Å². The number of primary amides is 1. The Morgan fingerprint density at radius 1 is 1.40 bits per heavy atom. The zero-order valence-electron chi connectivity index (χ0n) is 11.2. The molecule has 1 aromatic carbocycles. The Labute approximate surface area is 119 Å². The third-order valence-corrected chi connectivity index (χ3v) is 2.93. The SMILES string of the molecule is CC(C)(C)n1nnnc1-c1cc(Cl)c(F)c(C(N)=O)c1. The van der Waals surface area contributed by atoms with E-state index in [4.69, 9.17) is 17.3 Å². The highest BCUT2D eigenvalue weighted by Crippen LogP contribution is 2.28. The van der Waals surface area contributed by atoms with Gasteiger partial charge in [-0.2, -0.15) is 0 Å². The Morgan fingerprint density at radius 3 is 2.60 bits per heavy atom. The van der Waals surface area contributed by atoms with E-state index in [1.807, 2.05) is 20.8 Å². The molecule has 0 bridgehead atoms. The number of hydrogen-bond donors (Lipinski definition) is 1. The first-order chi connectivity index (χ1) is 9.21. The average molecular weight is 298 g/mol. The molecule has 6 nitrogen and oxygen atoms in total. The van der Waals surface area contributed by atoms with Crippen LogP contribution in [-0.2, 0) is 5.54 Å². The number of rotatable bonds is 2. The minimum absolute atomic E-state index is 0.209. The maximum absolute atomic E-state index is 13.7. The predicted molar refractivity (Wildman–Crippen MR) is 71.7 cm³/mol. The number of tetrazole rings is 1. The van der Waals surface area contributed by atoms with Crippen LogP contribution < -0.4 is 5.73 Å². The van der Waals surface area contributed by atoms with Crippen molar-refractivity contribution in [1.82, 2.24) is 20.2 Å². The number of benzene rings is 1. The van der Waals surface area contributed by atoms with Gasteiger partial charge in [-0.05, 0) is 43.3 Å². The summed E-state index contributed by atoms with van der Waals surface area (Å²) >= 11 is 5.79. The van der Waals surface area contributed by atoms with E-state index in [9.17, 15) is 9.18 Å². The quantitative estimate of drug-likeness (QED) is 0.918. The van der Waals surface area contributed by atoms with Gasteiger partial charge in [-0.25, -0.2) is 9.07 Å². The maximum Gasteiger partial charge on any atom is 0.251 e.